The van der Waals surface area contributed by atoms with Crippen LogP contribution in [0.5, 0.6) is 5.75 Å². The predicted molar refractivity (Wildman–Crippen MR) is 141 cm³/mol. The molecular formula is C27H29F2N3O5S. The van der Waals surface area contributed by atoms with Crippen LogP contribution in [0.1, 0.15) is 18.4 Å². The summed E-state index contributed by atoms with van der Waals surface area (Å²) < 4.78 is 37.8. The van der Waals surface area contributed by atoms with Gasteiger partial charge in [0.05, 0.1) is 5.69 Å². The third-order valence-corrected chi connectivity index (χ3v) is 7.50. The summed E-state index contributed by atoms with van der Waals surface area (Å²) in [4.78, 5) is 32.1. The number of carboxylic acid groups (broad SMARTS) is 1. The standard InChI is InChI=1S/C27H29F2N3O5S/c1-31(27-30-24-5-3-2-4-18(24)17-38-27)19-10-12-32(13-11-19)15-21(37-26(35)9-8-25(33)34)16-36-20-6-7-22(28)23(29)14-20/h2-9,14,19,21H,10-13,15-17H2,1H3,(H,33,34)/b9-8+. The lowest BCUT2D eigenvalue weighted by Crippen LogP contribution is -2.48. The molecule has 0 radical (unpaired) electrons. The number of para-hydroxylation sites is 1. The topological polar surface area (TPSA) is 91.7 Å². The van der Waals surface area contributed by atoms with Crippen molar-refractivity contribution in [3.05, 3.63) is 71.8 Å². The molecule has 0 aliphatic carbocycles. The Kier molecular flexibility index (Phi) is 9.35. The molecule has 0 saturated carbocycles. The second-order valence-corrected chi connectivity index (χ2v) is 10.0. The van der Waals surface area contributed by atoms with Gasteiger partial charge in [0.1, 0.15) is 18.5 Å². The second-order valence-electron chi connectivity index (χ2n) is 9.07. The number of thioether (sulfide) groups is 1. The minimum Gasteiger partial charge on any atom is -0.490 e. The summed E-state index contributed by atoms with van der Waals surface area (Å²) in [7, 11) is 2.06. The molecule has 2 aromatic carbocycles. The average molecular weight is 546 g/mol. The summed E-state index contributed by atoms with van der Waals surface area (Å²) in [5, 5.41) is 9.76. The van der Waals surface area contributed by atoms with Gasteiger partial charge in [-0.05, 0) is 36.6 Å². The predicted octanol–water partition coefficient (Wildman–Crippen LogP) is 4.23. The van der Waals surface area contributed by atoms with E-state index in [1.165, 1.54) is 11.6 Å². The summed E-state index contributed by atoms with van der Waals surface area (Å²) in [5.74, 6) is -3.15. The van der Waals surface area contributed by atoms with Gasteiger partial charge in [-0.15, -0.1) is 0 Å². The van der Waals surface area contributed by atoms with Crippen LogP contribution in [0.15, 0.2) is 59.6 Å². The van der Waals surface area contributed by atoms with E-state index in [0.29, 0.717) is 18.7 Å². The Hall–Kier alpha value is -3.44. The molecule has 1 saturated heterocycles. The number of nitrogens with zero attached hydrogens (tertiary/aromatic N) is 3. The van der Waals surface area contributed by atoms with Gasteiger partial charge >= 0.3 is 11.9 Å². The van der Waals surface area contributed by atoms with E-state index in [2.05, 4.69) is 22.9 Å². The van der Waals surface area contributed by atoms with Crippen molar-refractivity contribution in [1.82, 2.24) is 9.80 Å². The lowest BCUT2D eigenvalue weighted by Gasteiger charge is -2.39. The van der Waals surface area contributed by atoms with Gasteiger partial charge in [-0.2, -0.15) is 0 Å². The van der Waals surface area contributed by atoms with Crippen molar-refractivity contribution in [2.75, 3.05) is 33.3 Å². The van der Waals surface area contributed by atoms with E-state index in [9.17, 15) is 18.4 Å². The normalized spacial score (nSPS) is 17.0. The molecular weight excluding hydrogens is 516 g/mol. The van der Waals surface area contributed by atoms with Crippen LogP contribution >= 0.6 is 11.8 Å². The highest BCUT2D eigenvalue weighted by atomic mass is 32.2. The minimum absolute atomic E-state index is 0.0960. The molecule has 4 rings (SSSR count). The maximum atomic E-state index is 13.5. The molecule has 1 unspecified atom stereocenters. The van der Waals surface area contributed by atoms with Crippen molar-refractivity contribution in [1.29, 1.82) is 0 Å². The second kappa shape index (κ2) is 12.9. The quantitative estimate of drug-likeness (QED) is 0.370. The Balaban J connectivity index is 1.34. The number of benzene rings is 2. The number of carboxylic acids is 1. The first-order valence-electron chi connectivity index (χ1n) is 12.2. The lowest BCUT2D eigenvalue weighted by molar-refractivity contribution is -0.146. The Morgan fingerprint density at radius 3 is 2.68 bits per heavy atom. The maximum absolute atomic E-state index is 13.5. The number of esters is 1. The number of carbonyl (C=O) groups excluding carboxylic acids is 1. The van der Waals surface area contributed by atoms with Crippen molar-refractivity contribution in [2.45, 2.75) is 30.7 Å². The van der Waals surface area contributed by atoms with Gasteiger partial charge in [-0.25, -0.2) is 23.4 Å². The van der Waals surface area contributed by atoms with E-state index in [1.54, 1.807) is 11.8 Å². The first-order valence-corrected chi connectivity index (χ1v) is 13.2. The van der Waals surface area contributed by atoms with Crippen LogP contribution in [-0.4, -0.2) is 77.4 Å². The van der Waals surface area contributed by atoms with Crippen molar-refractivity contribution in [3.8, 4) is 5.75 Å². The van der Waals surface area contributed by atoms with E-state index >= 15 is 0 Å². The highest BCUT2D eigenvalue weighted by Crippen LogP contribution is 2.33. The smallest absolute Gasteiger partial charge is 0.331 e. The van der Waals surface area contributed by atoms with Crippen LogP contribution < -0.4 is 4.74 Å². The fourth-order valence-corrected chi connectivity index (χ4v) is 5.40. The number of hydrogen-bond acceptors (Lipinski definition) is 8. The van der Waals surface area contributed by atoms with Crippen LogP contribution in [0.4, 0.5) is 14.5 Å². The molecule has 11 heteroatoms. The number of rotatable bonds is 9. The average Bonchev–Trinajstić information content (AvgIpc) is 2.92. The summed E-state index contributed by atoms with van der Waals surface area (Å²) >= 11 is 1.73. The summed E-state index contributed by atoms with van der Waals surface area (Å²) in [6.45, 7) is 1.72. The molecule has 0 spiro atoms. The fourth-order valence-electron chi connectivity index (χ4n) is 4.36. The van der Waals surface area contributed by atoms with E-state index in [0.717, 1.165) is 60.7 Å². The number of aliphatic carboxylic acids is 1. The minimum atomic E-state index is -1.27. The van der Waals surface area contributed by atoms with Crippen LogP contribution in [0.2, 0.25) is 0 Å². The van der Waals surface area contributed by atoms with Crippen LogP contribution in [0.25, 0.3) is 0 Å². The first-order chi connectivity index (χ1) is 18.3. The largest absolute Gasteiger partial charge is 0.490 e. The number of amidine groups is 1. The number of carbonyl (C=O) groups is 2. The van der Waals surface area contributed by atoms with Crippen molar-refractivity contribution in [2.24, 2.45) is 4.99 Å². The van der Waals surface area contributed by atoms with Gasteiger partial charge in [0.25, 0.3) is 0 Å². The first kappa shape index (κ1) is 27.6. The number of piperidine rings is 1. The molecule has 2 aliphatic rings. The number of aliphatic imine (C=N–C) groups is 1. The number of likely N-dealkylation sites (tertiary alicyclic amines) is 1. The third kappa shape index (κ3) is 7.55. The van der Waals surface area contributed by atoms with Gasteiger partial charge in [-0.3, -0.25) is 4.90 Å². The van der Waals surface area contributed by atoms with Gasteiger partial charge < -0.3 is 19.5 Å². The van der Waals surface area contributed by atoms with Crippen molar-refractivity contribution >= 4 is 34.6 Å². The van der Waals surface area contributed by atoms with Gasteiger partial charge in [0.2, 0.25) is 0 Å². The van der Waals surface area contributed by atoms with Gasteiger partial charge in [0, 0.05) is 56.7 Å². The Bertz CT molecular complexity index is 1220. The molecule has 0 aromatic heterocycles. The molecule has 8 nitrogen and oxygen atoms in total. The van der Waals surface area contributed by atoms with Crippen LogP contribution in [-0.2, 0) is 20.1 Å². The zero-order chi connectivity index (χ0) is 27.1. The summed E-state index contributed by atoms with van der Waals surface area (Å²) in [6.07, 6.45) is 2.52. The SMILES string of the molecule is CN(C1=Nc2ccccc2CS1)C1CCN(CC(COc2ccc(F)c(F)c2)OC(=O)/C=C/C(=O)O)CC1. The molecule has 1 fully saturated rings. The summed E-state index contributed by atoms with van der Waals surface area (Å²) in [5.41, 5.74) is 2.24. The molecule has 38 heavy (non-hydrogen) atoms. The van der Waals surface area contributed by atoms with Crippen LogP contribution in [0, 0.1) is 11.6 Å². The maximum Gasteiger partial charge on any atom is 0.331 e. The molecule has 1 atom stereocenters. The number of halogens is 2. The van der Waals surface area contributed by atoms with Gasteiger partial charge in [-0.1, -0.05) is 30.0 Å². The molecule has 0 amide bonds. The number of hydrogen-bond donors (Lipinski definition) is 1. The molecule has 1 N–H and O–H groups in total. The fraction of sp³-hybridized carbons (Fsp3) is 0.370. The summed E-state index contributed by atoms with van der Waals surface area (Å²) in [6, 6.07) is 11.6. The lowest BCUT2D eigenvalue weighted by atomic mass is 10.0. The zero-order valence-electron chi connectivity index (χ0n) is 20.9. The number of ether oxygens (including phenoxy) is 2. The molecule has 202 valence electrons. The van der Waals surface area contributed by atoms with E-state index in [1.807, 2.05) is 18.2 Å². The molecule has 2 heterocycles. The highest BCUT2D eigenvalue weighted by molar-refractivity contribution is 8.13. The monoisotopic (exact) mass is 545 g/mol. The Morgan fingerprint density at radius 1 is 1.18 bits per heavy atom. The highest BCUT2D eigenvalue weighted by Gasteiger charge is 2.28. The van der Waals surface area contributed by atoms with Crippen molar-refractivity contribution in [3.63, 3.8) is 0 Å². The molecule has 0 bridgehead atoms. The van der Waals surface area contributed by atoms with E-state index < -0.39 is 29.7 Å². The van der Waals surface area contributed by atoms with E-state index in [-0.39, 0.29) is 12.4 Å². The van der Waals surface area contributed by atoms with E-state index in [4.69, 9.17) is 19.6 Å². The van der Waals surface area contributed by atoms with Crippen LogP contribution in [0.3, 0.4) is 0 Å². The molecule has 2 aromatic rings. The third-order valence-electron chi connectivity index (χ3n) is 6.40. The number of fused-ring (bicyclic) bond motifs is 1. The van der Waals surface area contributed by atoms with Gasteiger partial charge in [0.15, 0.2) is 16.8 Å². The molecule has 2 aliphatic heterocycles. The van der Waals surface area contributed by atoms with Crippen molar-refractivity contribution < 1.29 is 33.0 Å². The Labute approximate surface area is 223 Å². The Morgan fingerprint density at radius 2 is 1.95 bits per heavy atom. The zero-order valence-corrected chi connectivity index (χ0v) is 21.7.